The number of piperazine rings is 1. The van der Waals surface area contributed by atoms with E-state index in [0.717, 1.165) is 69.8 Å². The van der Waals surface area contributed by atoms with Crippen LogP contribution in [0.2, 0.25) is 0 Å². The monoisotopic (exact) mass is 397 g/mol. The van der Waals surface area contributed by atoms with Crippen LogP contribution in [-0.2, 0) is 9.59 Å². The molecule has 5 rings (SSSR count). The smallest absolute Gasteiger partial charge is 0.233 e. The molecule has 1 aromatic carbocycles. The van der Waals surface area contributed by atoms with E-state index in [9.17, 15) is 9.59 Å². The second-order valence-corrected chi connectivity index (χ2v) is 9.07. The first kappa shape index (κ1) is 18.9. The highest BCUT2D eigenvalue weighted by atomic mass is 16.5. The van der Waals surface area contributed by atoms with Gasteiger partial charge in [-0.3, -0.25) is 19.4 Å². The van der Waals surface area contributed by atoms with Crippen LogP contribution in [0, 0.1) is 23.7 Å². The van der Waals surface area contributed by atoms with Crippen LogP contribution in [0.3, 0.4) is 0 Å². The van der Waals surface area contributed by atoms with Crippen molar-refractivity contribution < 1.29 is 14.3 Å². The molecule has 2 saturated carbocycles. The molecule has 2 aliphatic heterocycles. The molecule has 2 amide bonds. The number of carbonyl (C=O) groups excluding carboxylic acids is 2. The number of nitrogens with zero attached hydrogens (tertiary/aromatic N) is 3. The Kier molecular flexibility index (Phi) is 4.98. The van der Waals surface area contributed by atoms with Crippen molar-refractivity contribution in [2.45, 2.75) is 25.7 Å². The molecule has 29 heavy (non-hydrogen) atoms. The predicted molar refractivity (Wildman–Crippen MR) is 111 cm³/mol. The zero-order valence-electron chi connectivity index (χ0n) is 17.3. The van der Waals surface area contributed by atoms with Gasteiger partial charge in [0.2, 0.25) is 11.8 Å². The molecule has 0 N–H and O–H groups in total. The second-order valence-electron chi connectivity index (χ2n) is 9.07. The number of amides is 2. The van der Waals surface area contributed by atoms with Gasteiger partial charge in [0.25, 0.3) is 0 Å². The lowest BCUT2D eigenvalue weighted by molar-refractivity contribution is -0.140. The molecule has 156 valence electrons. The summed E-state index contributed by atoms with van der Waals surface area (Å²) in [6, 6.07) is 8.17. The first-order chi connectivity index (χ1) is 14.2. The zero-order valence-corrected chi connectivity index (χ0v) is 17.3. The molecule has 6 nitrogen and oxygen atoms in total. The minimum atomic E-state index is 0.0191. The van der Waals surface area contributed by atoms with Crippen molar-refractivity contribution in [2.24, 2.45) is 23.7 Å². The van der Waals surface area contributed by atoms with Gasteiger partial charge in [-0.2, -0.15) is 0 Å². The predicted octanol–water partition coefficient (Wildman–Crippen LogP) is 2.24. The maximum Gasteiger partial charge on any atom is 0.233 e. The molecular formula is C23H31N3O3. The van der Waals surface area contributed by atoms with Crippen LogP contribution < -0.4 is 9.64 Å². The SMILES string of the molecule is COc1ccccc1N1CCN(CCCN2C(=O)C3C4CCC(C4)C3C2=O)CC1. The van der Waals surface area contributed by atoms with Crippen LogP contribution in [0.25, 0.3) is 0 Å². The van der Waals surface area contributed by atoms with Gasteiger partial charge in [-0.1, -0.05) is 12.1 Å². The maximum atomic E-state index is 12.8. The fraction of sp³-hybridized carbons (Fsp3) is 0.652. The lowest BCUT2D eigenvalue weighted by atomic mass is 9.81. The number of rotatable bonds is 6. The van der Waals surface area contributed by atoms with Crippen molar-refractivity contribution in [3.8, 4) is 5.75 Å². The minimum Gasteiger partial charge on any atom is -0.495 e. The molecule has 2 bridgehead atoms. The Morgan fingerprint density at radius 2 is 1.59 bits per heavy atom. The van der Waals surface area contributed by atoms with Crippen LogP contribution in [-0.4, -0.2) is 68.0 Å². The van der Waals surface area contributed by atoms with E-state index in [1.807, 2.05) is 12.1 Å². The van der Waals surface area contributed by atoms with Crippen LogP contribution in [0.4, 0.5) is 5.69 Å². The molecule has 0 aromatic heterocycles. The fourth-order valence-corrected chi connectivity index (χ4v) is 6.25. The number of ether oxygens (including phenoxy) is 1. The molecule has 2 heterocycles. The number of hydrogen-bond acceptors (Lipinski definition) is 5. The van der Waals surface area contributed by atoms with Gasteiger partial charge in [-0.15, -0.1) is 0 Å². The third kappa shape index (κ3) is 3.21. The number of imide groups is 1. The van der Waals surface area contributed by atoms with Crippen LogP contribution >= 0.6 is 0 Å². The van der Waals surface area contributed by atoms with Crippen LogP contribution in [0.1, 0.15) is 25.7 Å². The quantitative estimate of drug-likeness (QED) is 0.689. The first-order valence-electron chi connectivity index (χ1n) is 11.1. The third-order valence-electron chi connectivity index (χ3n) is 7.67. The summed E-state index contributed by atoms with van der Waals surface area (Å²) in [5, 5.41) is 0. The van der Waals surface area contributed by atoms with E-state index >= 15 is 0 Å². The molecular weight excluding hydrogens is 366 g/mol. The van der Waals surface area contributed by atoms with Crippen LogP contribution in [0.15, 0.2) is 24.3 Å². The number of para-hydroxylation sites is 2. The van der Waals surface area contributed by atoms with Gasteiger partial charge in [0.05, 0.1) is 24.6 Å². The highest BCUT2D eigenvalue weighted by molar-refractivity contribution is 6.06. The van der Waals surface area contributed by atoms with Crippen molar-refractivity contribution in [1.82, 2.24) is 9.80 Å². The molecule has 0 spiro atoms. The topological polar surface area (TPSA) is 53.1 Å². The number of benzene rings is 1. The summed E-state index contributed by atoms with van der Waals surface area (Å²) in [6.45, 7) is 5.46. The normalized spacial score (nSPS) is 31.6. The van der Waals surface area contributed by atoms with Gasteiger partial charge in [-0.05, 0) is 56.2 Å². The molecule has 1 aromatic rings. The summed E-state index contributed by atoms with van der Waals surface area (Å²) >= 11 is 0. The van der Waals surface area contributed by atoms with E-state index in [1.165, 1.54) is 0 Å². The van der Waals surface area contributed by atoms with Crippen molar-refractivity contribution in [2.75, 3.05) is 51.3 Å². The van der Waals surface area contributed by atoms with E-state index in [2.05, 4.69) is 21.9 Å². The van der Waals surface area contributed by atoms with Crippen molar-refractivity contribution in [1.29, 1.82) is 0 Å². The molecule has 2 saturated heterocycles. The van der Waals surface area contributed by atoms with Gasteiger partial charge in [0.1, 0.15) is 5.75 Å². The van der Waals surface area contributed by atoms with E-state index in [0.29, 0.717) is 18.4 Å². The molecule has 6 heteroatoms. The first-order valence-corrected chi connectivity index (χ1v) is 11.1. The zero-order chi connectivity index (χ0) is 20.0. The number of carbonyl (C=O) groups is 2. The molecule has 4 fully saturated rings. The summed E-state index contributed by atoms with van der Waals surface area (Å²) in [5.74, 6) is 2.19. The van der Waals surface area contributed by atoms with Gasteiger partial charge < -0.3 is 9.64 Å². The Bertz CT molecular complexity index is 761. The molecule has 4 unspecified atom stereocenters. The van der Waals surface area contributed by atoms with E-state index in [1.54, 1.807) is 12.0 Å². The largest absolute Gasteiger partial charge is 0.495 e. The highest BCUT2D eigenvalue weighted by Gasteiger charge is 2.60. The van der Waals surface area contributed by atoms with Crippen LogP contribution in [0.5, 0.6) is 5.75 Å². The summed E-state index contributed by atoms with van der Waals surface area (Å²) in [5.41, 5.74) is 1.16. The number of anilines is 1. The van der Waals surface area contributed by atoms with Crippen molar-refractivity contribution in [3.05, 3.63) is 24.3 Å². The van der Waals surface area contributed by atoms with E-state index in [-0.39, 0.29) is 23.7 Å². The molecule has 4 aliphatic rings. The summed E-state index contributed by atoms with van der Waals surface area (Å²) in [7, 11) is 1.72. The Morgan fingerprint density at radius 3 is 2.24 bits per heavy atom. The van der Waals surface area contributed by atoms with E-state index in [4.69, 9.17) is 4.74 Å². The average molecular weight is 398 g/mol. The Labute approximate surface area is 172 Å². The average Bonchev–Trinajstić information content (AvgIpc) is 3.44. The van der Waals surface area contributed by atoms with E-state index < -0.39 is 0 Å². The van der Waals surface area contributed by atoms with Gasteiger partial charge >= 0.3 is 0 Å². The number of methoxy groups -OCH3 is 1. The van der Waals surface area contributed by atoms with Gasteiger partial charge in [0.15, 0.2) is 0 Å². The summed E-state index contributed by atoms with van der Waals surface area (Å²) < 4.78 is 5.49. The standard InChI is InChI=1S/C23H31N3O3/c1-29-19-6-3-2-5-18(19)25-13-11-24(12-14-25)9-4-10-26-22(27)20-16-7-8-17(15-16)21(20)23(26)28/h2-3,5-6,16-17,20-21H,4,7-15H2,1H3. The third-order valence-corrected chi connectivity index (χ3v) is 7.67. The molecule has 2 aliphatic carbocycles. The second kappa shape index (κ2) is 7.63. The van der Waals surface area contributed by atoms with Gasteiger partial charge in [0, 0.05) is 32.7 Å². The van der Waals surface area contributed by atoms with Gasteiger partial charge in [-0.25, -0.2) is 0 Å². The molecule has 0 radical (unpaired) electrons. The fourth-order valence-electron chi connectivity index (χ4n) is 6.25. The number of fused-ring (bicyclic) bond motifs is 5. The van der Waals surface area contributed by atoms with Crippen molar-refractivity contribution in [3.63, 3.8) is 0 Å². The maximum absolute atomic E-state index is 12.8. The number of likely N-dealkylation sites (tertiary alicyclic amines) is 1. The Morgan fingerprint density at radius 1 is 0.931 bits per heavy atom. The van der Waals surface area contributed by atoms with Crippen molar-refractivity contribution >= 4 is 17.5 Å². The lowest BCUT2D eigenvalue weighted by Crippen LogP contribution is -2.47. The highest BCUT2D eigenvalue weighted by Crippen LogP contribution is 2.56. The number of hydrogen-bond donors (Lipinski definition) is 0. The molecule has 4 atom stereocenters. The minimum absolute atomic E-state index is 0.0191. The Hall–Kier alpha value is -2.08. The lowest BCUT2D eigenvalue weighted by Gasteiger charge is -2.36. The summed E-state index contributed by atoms with van der Waals surface area (Å²) in [4.78, 5) is 32.0. The summed E-state index contributed by atoms with van der Waals surface area (Å²) in [6.07, 6.45) is 4.28. The Balaban J connectivity index is 1.10.